The molecule has 0 atom stereocenters. The Balaban J connectivity index is 1.75. The lowest BCUT2D eigenvalue weighted by Crippen LogP contribution is -2.13. The van der Waals surface area contributed by atoms with Crippen LogP contribution < -0.4 is 14.8 Å². The van der Waals surface area contributed by atoms with Crippen LogP contribution in [0.4, 0.5) is 11.4 Å². The van der Waals surface area contributed by atoms with Gasteiger partial charge in [-0.2, -0.15) is 0 Å². The highest BCUT2D eigenvalue weighted by Gasteiger charge is 2.18. The number of methoxy groups -OCH3 is 2. The number of hydrogen-bond acceptors (Lipinski definition) is 7. The maximum Gasteiger partial charge on any atom is 0.271 e. The summed E-state index contributed by atoms with van der Waals surface area (Å²) in [5, 5.41) is 14.7. The van der Waals surface area contributed by atoms with Crippen LogP contribution in [0.1, 0.15) is 10.4 Å². The van der Waals surface area contributed by atoms with Gasteiger partial charge in [0.1, 0.15) is 5.01 Å². The largest absolute Gasteiger partial charge is 0.493 e. The summed E-state index contributed by atoms with van der Waals surface area (Å²) in [5.74, 6) is 0.453. The quantitative estimate of drug-likeness (QED) is 0.332. The number of para-hydroxylation sites is 1. The molecule has 1 amide bonds. The zero-order valence-corrected chi connectivity index (χ0v) is 17.4. The molecule has 31 heavy (non-hydrogen) atoms. The molecular formula is C22H17N3O5S. The van der Waals surface area contributed by atoms with Crippen LogP contribution in [0.5, 0.6) is 11.5 Å². The van der Waals surface area contributed by atoms with Gasteiger partial charge in [-0.05, 0) is 36.4 Å². The molecule has 0 fully saturated rings. The van der Waals surface area contributed by atoms with E-state index in [1.807, 2.05) is 24.3 Å². The number of nitrogens with zero attached hydrogens (tertiary/aromatic N) is 2. The molecule has 3 aromatic carbocycles. The number of benzene rings is 3. The van der Waals surface area contributed by atoms with E-state index in [1.165, 1.54) is 37.7 Å². The van der Waals surface area contributed by atoms with Crippen molar-refractivity contribution in [2.75, 3.05) is 19.5 Å². The van der Waals surface area contributed by atoms with Crippen LogP contribution in [-0.2, 0) is 0 Å². The number of fused-ring (bicyclic) bond motifs is 1. The summed E-state index contributed by atoms with van der Waals surface area (Å²) in [4.78, 5) is 28.3. The Hall–Kier alpha value is -3.98. The van der Waals surface area contributed by atoms with Crippen molar-refractivity contribution in [1.29, 1.82) is 0 Å². The molecule has 0 aliphatic heterocycles. The number of ether oxygens (including phenoxy) is 2. The third kappa shape index (κ3) is 4.03. The van der Waals surface area contributed by atoms with Gasteiger partial charge in [0.25, 0.3) is 11.6 Å². The van der Waals surface area contributed by atoms with Gasteiger partial charge in [0.2, 0.25) is 0 Å². The van der Waals surface area contributed by atoms with Gasteiger partial charge in [0.05, 0.1) is 35.0 Å². The zero-order valence-electron chi connectivity index (χ0n) is 16.6. The van der Waals surface area contributed by atoms with Gasteiger partial charge in [-0.15, -0.1) is 11.3 Å². The molecule has 1 N–H and O–H groups in total. The normalized spacial score (nSPS) is 10.6. The number of nitro benzene ring substituents is 1. The first-order chi connectivity index (χ1) is 15.0. The lowest BCUT2D eigenvalue weighted by Gasteiger charge is -2.12. The highest BCUT2D eigenvalue weighted by Crippen LogP contribution is 2.37. The second kappa shape index (κ2) is 8.41. The van der Waals surface area contributed by atoms with Gasteiger partial charge in [0.15, 0.2) is 11.5 Å². The lowest BCUT2D eigenvalue weighted by atomic mass is 10.1. The molecule has 0 aliphatic rings. The van der Waals surface area contributed by atoms with Gasteiger partial charge < -0.3 is 14.8 Å². The number of anilines is 1. The van der Waals surface area contributed by atoms with Crippen LogP contribution in [0, 0.1) is 10.1 Å². The predicted octanol–water partition coefficient (Wildman–Crippen LogP) is 5.14. The van der Waals surface area contributed by atoms with Crippen LogP contribution in [0.3, 0.4) is 0 Å². The number of hydrogen-bond donors (Lipinski definition) is 1. The first-order valence-electron chi connectivity index (χ1n) is 9.18. The minimum Gasteiger partial charge on any atom is -0.493 e. The van der Waals surface area contributed by atoms with Gasteiger partial charge in [0, 0.05) is 23.3 Å². The molecule has 0 spiro atoms. The summed E-state index contributed by atoms with van der Waals surface area (Å²) in [6, 6.07) is 16.7. The van der Waals surface area contributed by atoms with Crippen molar-refractivity contribution in [2.24, 2.45) is 0 Å². The van der Waals surface area contributed by atoms with E-state index in [2.05, 4.69) is 10.3 Å². The SMILES string of the molecule is COc1ccc(C(=O)Nc2cc([N+](=O)[O-])ccc2-c2nc3ccccc3s2)cc1OC. The number of thiazole rings is 1. The molecule has 4 aromatic rings. The van der Waals surface area contributed by atoms with Crippen molar-refractivity contribution in [2.45, 2.75) is 0 Å². The summed E-state index contributed by atoms with van der Waals surface area (Å²) in [6.07, 6.45) is 0. The number of non-ortho nitro benzene ring substituents is 1. The molecule has 0 radical (unpaired) electrons. The van der Waals surface area contributed by atoms with Crippen molar-refractivity contribution in [3.05, 3.63) is 76.3 Å². The fourth-order valence-corrected chi connectivity index (χ4v) is 4.10. The molecule has 0 unspecified atom stereocenters. The number of nitro groups is 1. The Morgan fingerprint density at radius 3 is 2.52 bits per heavy atom. The van der Waals surface area contributed by atoms with Crippen molar-refractivity contribution in [1.82, 2.24) is 4.98 Å². The molecule has 0 saturated heterocycles. The predicted molar refractivity (Wildman–Crippen MR) is 119 cm³/mol. The average molecular weight is 435 g/mol. The van der Waals surface area contributed by atoms with E-state index in [9.17, 15) is 14.9 Å². The summed E-state index contributed by atoms with van der Waals surface area (Å²) in [7, 11) is 2.98. The molecule has 0 bridgehead atoms. The maximum absolute atomic E-state index is 12.9. The fourth-order valence-electron chi connectivity index (χ4n) is 3.10. The zero-order chi connectivity index (χ0) is 22.0. The van der Waals surface area contributed by atoms with E-state index in [1.54, 1.807) is 24.3 Å². The Kier molecular flexibility index (Phi) is 5.50. The molecule has 4 rings (SSSR count). The summed E-state index contributed by atoms with van der Waals surface area (Å²) in [6.45, 7) is 0. The molecule has 156 valence electrons. The molecule has 1 aromatic heterocycles. The number of amides is 1. The van der Waals surface area contributed by atoms with Crippen LogP contribution in [-0.4, -0.2) is 30.0 Å². The Morgan fingerprint density at radius 2 is 1.81 bits per heavy atom. The highest BCUT2D eigenvalue weighted by molar-refractivity contribution is 7.21. The van der Waals surface area contributed by atoms with Gasteiger partial charge in [-0.25, -0.2) is 4.98 Å². The number of carbonyl (C=O) groups excluding carboxylic acids is 1. The number of aromatic nitrogens is 1. The second-order valence-electron chi connectivity index (χ2n) is 6.50. The first kappa shape index (κ1) is 20.3. The molecular weight excluding hydrogens is 418 g/mol. The summed E-state index contributed by atoms with van der Waals surface area (Å²) in [5.41, 5.74) is 1.90. The van der Waals surface area contributed by atoms with Crippen LogP contribution in [0.15, 0.2) is 60.7 Å². The van der Waals surface area contributed by atoms with Crippen LogP contribution in [0.25, 0.3) is 20.8 Å². The molecule has 1 heterocycles. The van der Waals surface area contributed by atoms with E-state index in [4.69, 9.17) is 9.47 Å². The topological polar surface area (TPSA) is 104 Å². The van der Waals surface area contributed by atoms with Crippen molar-refractivity contribution in [3.63, 3.8) is 0 Å². The Labute approximate surface area is 181 Å². The molecule has 0 aliphatic carbocycles. The lowest BCUT2D eigenvalue weighted by molar-refractivity contribution is -0.384. The Morgan fingerprint density at radius 1 is 1.03 bits per heavy atom. The Bertz CT molecular complexity index is 1270. The fraction of sp³-hybridized carbons (Fsp3) is 0.0909. The molecule has 9 heteroatoms. The molecule has 8 nitrogen and oxygen atoms in total. The third-order valence-electron chi connectivity index (χ3n) is 4.63. The van der Waals surface area contributed by atoms with Crippen molar-refractivity contribution >= 4 is 38.8 Å². The minimum absolute atomic E-state index is 0.132. The standard InChI is InChI=1S/C22H17N3O5S/c1-29-18-10-7-13(11-19(18)30-2)21(26)23-17-12-14(25(27)28)8-9-15(17)22-24-16-5-3-4-6-20(16)31-22/h3-12H,1-2H3,(H,23,26). The monoisotopic (exact) mass is 435 g/mol. The summed E-state index contributed by atoms with van der Waals surface area (Å²) >= 11 is 1.44. The smallest absolute Gasteiger partial charge is 0.271 e. The van der Waals surface area contributed by atoms with E-state index in [-0.39, 0.29) is 5.69 Å². The highest BCUT2D eigenvalue weighted by atomic mass is 32.1. The van der Waals surface area contributed by atoms with E-state index >= 15 is 0 Å². The van der Waals surface area contributed by atoms with Crippen LogP contribution in [0.2, 0.25) is 0 Å². The number of carbonyl (C=O) groups is 1. The van der Waals surface area contributed by atoms with Gasteiger partial charge in [-0.1, -0.05) is 12.1 Å². The number of nitrogens with one attached hydrogen (secondary N) is 1. The summed E-state index contributed by atoms with van der Waals surface area (Å²) < 4.78 is 11.4. The third-order valence-corrected chi connectivity index (χ3v) is 5.70. The molecule has 0 saturated carbocycles. The van der Waals surface area contributed by atoms with Crippen LogP contribution >= 0.6 is 11.3 Å². The van der Waals surface area contributed by atoms with Crippen molar-refractivity contribution in [3.8, 4) is 22.1 Å². The van der Waals surface area contributed by atoms with Crippen molar-refractivity contribution < 1.29 is 19.2 Å². The average Bonchev–Trinajstić information content (AvgIpc) is 3.22. The van der Waals surface area contributed by atoms with Gasteiger partial charge in [-0.3, -0.25) is 14.9 Å². The van der Waals surface area contributed by atoms with E-state index in [0.29, 0.717) is 33.3 Å². The maximum atomic E-state index is 12.9. The van der Waals surface area contributed by atoms with E-state index < -0.39 is 10.8 Å². The first-order valence-corrected chi connectivity index (χ1v) is 9.99. The van der Waals surface area contributed by atoms with Gasteiger partial charge >= 0.3 is 0 Å². The second-order valence-corrected chi connectivity index (χ2v) is 7.53. The minimum atomic E-state index is -0.506. The number of rotatable bonds is 6. The van der Waals surface area contributed by atoms with E-state index in [0.717, 1.165) is 10.2 Å².